The molecule has 0 aromatic carbocycles. The number of carboxylic acids is 1. The van der Waals surface area contributed by atoms with Gasteiger partial charge in [-0.25, -0.2) is 9.78 Å². The monoisotopic (exact) mass is 232 g/mol. The van der Waals surface area contributed by atoms with Crippen molar-refractivity contribution in [2.75, 3.05) is 18.0 Å². The van der Waals surface area contributed by atoms with Crippen LogP contribution in [0.3, 0.4) is 0 Å². The molecule has 1 aliphatic heterocycles. The predicted octanol–water partition coefficient (Wildman–Crippen LogP) is 2.16. The zero-order valence-electron chi connectivity index (χ0n) is 9.72. The summed E-state index contributed by atoms with van der Waals surface area (Å²) in [5.41, 5.74) is 0.651. The molecule has 1 spiro atoms. The Morgan fingerprint density at radius 2 is 2.18 bits per heavy atom. The molecule has 0 bridgehead atoms. The van der Waals surface area contributed by atoms with Crippen molar-refractivity contribution in [2.24, 2.45) is 5.41 Å². The van der Waals surface area contributed by atoms with E-state index in [4.69, 9.17) is 5.11 Å². The Hall–Kier alpha value is -1.58. The highest BCUT2D eigenvalue weighted by molar-refractivity contribution is 5.85. The van der Waals surface area contributed by atoms with E-state index in [0.717, 1.165) is 18.9 Å². The molecule has 0 radical (unpaired) electrons. The lowest BCUT2D eigenvalue weighted by atomic mass is 9.68. The van der Waals surface area contributed by atoms with E-state index in [1.165, 1.54) is 25.7 Å². The van der Waals surface area contributed by atoms with E-state index in [2.05, 4.69) is 9.88 Å². The Balaban J connectivity index is 1.80. The van der Waals surface area contributed by atoms with E-state index in [1.54, 1.807) is 12.1 Å². The average molecular weight is 232 g/mol. The van der Waals surface area contributed by atoms with Crippen molar-refractivity contribution in [1.29, 1.82) is 0 Å². The molecule has 0 atom stereocenters. The fourth-order valence-corrected chi connectivity index (χ4v) is 2.93. The van der Waals surface area contributed by atoms with Gasteiger partial charge in [-0.3, -0.25) is 0 Å². The maximum absolute atomic E-state index is 10.9. The topological polar surface area (TPSA) is 53.4 Å². The van der Waals surface area contributed by atoms with Gasteiger partial charge in [0, 0.05) is 13.1 Å². The van der Waals surface area contributed by atoms with Crippen LogP contribution in [0.5, 0.6) is 0 Å². The fourth-order valence-electron chi connectivity index (χ4n) is 2.93. The van der Waals surface area contributed by atoms with Crippen molar-refractivity contribution in [3.63, 3.8) is 0 Å². The number of hydrogen-bond donors (Lipinski definition) is 1. The summed E-state index contributed by atoms with van der Waals surface area (Å²) < 4.78 is 0. The Kier molecular flexibility index (Phi) is 2.31. The minimum Gasteiger partial charge on any atom is -0.477 e. The highest BCUT2D eigenvalue weighted by Gasteiger charge is 2.43. The molecular weight excluding hydrogens is 216 g/mol. The van der Waals surface area contributed by atoms with E-state index < -0.39 is 5.97 Å². The van der Waals surface area contributed by atoms with Crippen LogP contribution >= 0.6 is 0 Å². The molecular formula is C13H16N2O2. The zero-order valence-corrected chi connectivity index (χ0v) is 9.72. The molecule has 17 heavy (non-hydrogen) atoms. The SMILES string of the molecule is O=C(O)c1cccc(N2CCC3(CCC3)C2)n1. The van der Waals surface area contributed by atoms with Crippen molar-refractivity contribution >= 4 is 11.8 Å². The lowest BCUT2D eigenvalue weighted by Gasteiger charge is -2.38. The van der Waals surface area contributed by atoms with Crippen LogP contribution in [0.2, 0.25) is 0 Å². The second kappa shape index (κ2) is 3.72. The molecule has 4 heteroatoms. The van der Waals surface area contributed by atoms with Crippen LogP contribution in [0, 0.1) is 5.41 Å². The summed E-state index contributed by atoms with van der Waals surface area (Å²) in [4.78, 5) is 17.3. The van der Waals surface area contributed by atoms with Crippen LogP contribution in [-0.2, 0) is 0 Å². The lowest BCUT2D eigenvalue weighted by molar-refractivity contribution is 0.0690. The van der Waals surface area contributed by atoms with Crippen molar-refractivity contribution in [2.45, 2.75) is 25.7 Å². The number of nitrogens with zero attached hydrogens (tertiary/aromatic N) is 2. The third-order valence-electron chi connectivity index (χ3n) is 4.13. The molecule has 2 fully saturated rings. The maximum Gasteiger partial charge on any atom is 0.354 e. The first-order valence-electron chi connectivity index (χ1n) is 6.14. The van der Waals surface area contributed by atoms with Gasteiger partial charge in [-0.15, -0.1) is 0 Å². The number of carbonyl (C=O) groups is 1. The predicted molar refractivity (Wildman–Crippen MR) is 64.3 cm³/mol. The first kappa shape index (κ1) is 10.6. The van der Waals surface area contributed by atoms with E-state index in [0.29, 0.717) is 5.41 Å². The summed E-state index contributed by atoms with van der Waals surface area (Å²) in [6, 6.07) is 5.22. The van der Waals surface area contributed by atoms with Crippen LogP contribution in [0.1, 0.15) is 36.2 Å². The van der Waals surface area contributed by atoms with E-state index in [1.807, 2.05) is 6.07 Å². The Bertz CT molecular complexity index is 454. The lowest BCUT2D eigenvalue weighted by Crippen LogP contribution is -2.33. The molecule has 4 nitrogen and oxygen atoms in total. The standard InChI is InChI=1S/C13H16N2O2/c16-12(17)10-3-1-4-11(14-10)15-8-7-13(9-15)5-2-6-13/h1,3-4H,2,5-9H2,(H,16,17). The molecule has 1 aromatic heterocycles. The highest BCUT2D eigenvalue weighted by Crippen LogP contribution is 2.48. The average Bonchev–Trinajstić information content (AvgIpc) is 2.74. The second-order valence-electron chi connectivity index (χ2n) is 5.21. The molecule has 90 valence electrons. The number of anilines is 1. The minimum atomic E-state index is -0.954. The van der Waals surface area contributed by atoms with Gasteiger partial charge in [0.2, 0.25) is 0 Å². The third kappa shape index (κ3) is 1.77. The van der Waals surface area contributed by atoms with Crippen molar-refractivity contribution in [1.82, 2.24) is 4.98 Å². The van der Waals surface area contributed by atoms with E-state index in [-0.39, 0.29) is 5.69 Å². The maximum atomic E-state index is 10.9. The van der Waals surface area contributed by atoms with Crippen LogP contribution in [-0.4, -0.2) is 29.1 Å². The Morgan fingerprint density at radius 1 is 1.35 bits per heavy atom. The first-order chi connectivity index (χ1) is 8.19. The molecule has 2 heterocycles. The van der Waals surface area contributed by atoms with Gasteiger partial charge in [0.05, 0.1) is 0 Å². The van der Waals surface area contributed by atoms with Crippen LogP contribution in [0.4, 0.5) is 5.82 Å². The number of carboxylic acid groups (broad SMARTS) is 1. The van der Waals surface area contributed by atoms with Crippen LogP contribution < -0.4 is 4.90 Å². The number of hydrogen-bond acceptors (Lipinski definition) is 3. The Labute approximate surface area is 100 Å². The molecule has 1 aromatic rings. The largest absolute Gasteiger partial charge is 0.477 e. The molecule has 2 aliphatic rings. The summed E-state index contributed by atoms with van der Waals surface area (Å²) in [6.45, 7) is 2.05. The van der Waals surface area contributed by atoms with Gasteiger partial charge in [-0.1, -0.05) is 12.5 Å². The Morgan fingerprint density at radius 3 is 2.76 bits per heavy atom. The van der Waals surface area contributed by atoms with Gasteiger partial charge < -0.3 is 10.0 Å². The minimum absolute atomic E-state index is 0.136. The summed E-state index contributed by atoms with van der Waals surface area (Å²) >= 11 is 0. The van der Waals surface area contributed by atoms with Crippen molar-refractivity contribution < 1.29 is 9.90 Å². The van der Waals surface area contributed by atoms with Gasteiger partial charge in [-0.05, 0) is 36.8 Å². The van der Waals surface area contributed by atoms with Gasteiger partial charge in [-0.2, -0.15) is 0 Å². The first-order valence-corrected chi connectivity index (χ1v) is 6.14. The third-order valence-corrected chi connectivity index (χ3v) is 4.13. The van der Waals surface area contributed by atoms with Crippen LogP contribution in [0.25, 0.3) is 0 Å². The van der Waals surface area contributed by atoms with E-state index >= 15 is 0 Å². The quantitative estimate of drug-likeness (QED) is 0.849. The number of pyridine rings is 1. The smallest absolute Gasteiger partial charge is 0.354 e. The van der Waals surface area contributed by atoms with E-state index in [9.17, 15) is 4.79 Å². The van der Waals surface area contributed by atoms with Gasteiger partial charge in [0.25, 0.3) is 0 Å². The molecule has 1 N–H and O–H groups in total. The summed E-state index contributed by atoms with van der Waals surface area (Å²) in [7, 11) is 0. The highest BCUT2D eigenvalue weighted by atomic mass is 16.4. The van der Waals surface area contributed by atoms with Crippen LogP contribution in [0.15, 0.2) is 18.2 Å². The number of rotatable bonds is 2. The second-order valence-corrected chi connectivity index (χ2v) is 5.21. The van der Waals surface area contributed by atoms with Gasteiger partial charge >= 0.3 is 5.97 Å². The summed E-state index contributed by atoms with van der Waals surface area (Å²) in [6.07, 6.45) is 5.21. The van der Waals surface area contributed by atoms with Crippen molar-refractivity contribution in [3.05, 3.63) is 23.9 Å². The van der Waals surface area contributed by atoms with Crippen molar-refractivity contribution in [3.8, 4) is 0 Å². The van der Waals surface area contributed by atoms with Gasteiger partial charge in [0.15, 0.2) is 5.69 Å². The normalized spacial score (nSPS) is 21.5. The summed E-state index contributed by atoms with van der Waals surface area (Å²) in [5.74, 6) is -0.141. The van der Waals surface area contributed by atoms with Gasteiger partial charge in [0.1, 0.15) is 5.82 Å². The molecule has 1 saturated carbocycles. The molecule has 0 amide bonds. The molecule has 1 aliphatic carbocycles. The zero-order chi connectivity index (χ0) is 11.9. The number of aromatic carboxylic acids is 1. The molecule has 3 rings (SSSR count). The molecule has 0 unspecified atom stereocenters. The number of aromatic nitrogens is 1. The molecule has 1 saturated heterocycles. The fraction of sp³-hybridized carbons (Fsp3) is 0.538. The summed E-state index contributed by atoms with van der Waals surface area (Å²) in [5, 5.41) is 8.93.